The van der Waals surface area contributed by atoms with Crippen LogP contribution in [0.3, 0.4) is 0 Å². The summed E-state index contributed by atoms with van der Waals surface area (Å²) in [5.41, 5.74) is 0. The number of pyridine rings is 1. The van der Waals surface area contributed by atoms with Gasteiger partial charge < -0.3 is 19.8 Å². The van der Waals surface area contributed by atoms with Crippen LogP contribution in [0.2, 0.25) is 0 Å². The molecule has 1 rings (SSSR count). The summed E-state index contributed by atoms with van der Waals surface area (Å²) >= 11 is 0. The molecule has 0 bridgehead atoms. The van der Waals surface area contributed by atoms with Crippen molar-refractivity contribution in [2.75, 3.05) is 0 Å². The second-order valence-corrected chi connectivity index (χ2v) is 1.22. The van der Waals surface area contributed by atoms with Crippen LogP contribution in [0.5, 0.6) is 0 Å². The molecule has 0 saturated heterocycles. The molecule has 1 aromatic heterocycles. The number of nitrogens with zero attached hydrogens (tertiary/aromatic N) is 1. The van der Waals surface area contributed by atoms with Crippen molar-refractivity contribution in [1.82, 2.24) is 4.98 Å². The first kappa shape index (κ1) is 17.7. The zero-order valence-corrected chi connectivity index (χ0v) is 9.80. The van der Waals surface area contributed by atoms with Gasteiger partial charge in [0, 0.05) is 25.3 Å². The summed E-state index contributed by atoms with van der Waals surface area (Å²) in [6, 6.07) is 5.72. The van der Waals surface area contributed by atoms with Gasteiger partial charge >= 0.3 is 19.5 Å². The number of aromatic nitrogens is 1. The molecule has 0 spiro atoms. The Morgan fingerprint density at radius 1 is 0.923 bits per heavy atom. The summed E-state index contributed by atoms with van der Waals surface area (Å²) in [6.07, 6.45) is 3.50. The van der Waals surface area contributed by atoms with Crippen LogP contribution in [0.15, 0.2) is 30.6 Å². The van der Waals surface area contributed by atoms with E-state index in [0.717, 1.165) is 0 Å². The van der Waals surface area contributed by atoms with Gasteiger partial charge in [-0.3, -0.25) is 4.98 Å². The van der Waals surface area contributed by atoms with Crippen molar-refractivity contribution in [2.45, 2.75) is 0 Å². The van der Waals surface area contributed by atoms with Crippen LogP contribution in [0.4, 0.5) is 0 Å². The Labute approximate surface area is 88.2 Å². The molecule has 0 aromatic carbocycles. The SMILES string of the molecule is O=C[O-].O=C[O-].[Zn+2].c1ccncc1. The van der Waals surface area contributed by atoms with Crippen LogP contribution < -0.4 is 10.2 Å². The molecule has 0 aliphatic heterocycles. The van der Waals surface area contributed by atoms with Crippen molar-refractivity contribution in [1.29, 1.82) is 0 Å². The van der Waals surface area contributed by atoms with Gasteiger partial charge in [0.2, 0.25) is 0 Å². The summed E-state index contributed by atoms with van der Waals surface area (Å²) in [5.74, 6) is 0. The fraction of sp³-hybridized carbons (Fsp3) is 0. The molecule has 1 heterocycles. The molecule has 0 radical (unpaired) electrons. The minimum Gasteiger partial charge on any atom is -0.554 e. The third kappa shape index (κ3) is 36.6. The molecule has 0 aliphatic rings. The van der Waals surface area contributed by atoms with Crippen LogP contribution in [-0.4, -0.2) is 17.9 Å². The Bertz CT molecular complexity index is 150. The van der Waals surface area contributed by atoms with Crippen molar-refractivity contribution in [3.63, 3.8) is 0 Å². The Hall–Kier alpha value is -1.29. The number of carboxylic acid groups (broad SMARTS) is 2. The molecule has 0 aliphatic carbocycles. The Balaban J connectivity index is -0.000000126. The summed E-state index contributed by atoms with van der Waals surface area (Å²) in [7, 11) is 0. The second-order valence-electron chi connectivity index (χ2n) is 1.22. The molecule has 0 fully saturated rings. The first-order valence-electron chi connectivity index (χ1n) is 2.79. The standard InChI is InChI=1S/C5H5N.2CH2O2.Zn/c1-2-4-6-5-3-1;2*2-1-3;/h1-5H;2*1H,(H,2,3);/q;;;+2/p-2. The van der Waals surface area contributed by atoms with Crippen molar-refractivity contribution >= 4 is 12.9 Å². The monoisotopic (exact) mass is 233 g/mol. The average Bonchev–Trinajstić information content (AvgIpc) is 2.10. The normalized spacial score (nSPS) is 5.54. The predicted molar refractivity (Wildman–Crippen MR) is 36.4 cm³/mol. The third-order valence-corrected chi connectivity index (χ3v) is 0.566. The molecule has 6 heteroatoms. The van der Waals surface area contributed by atoms with Gasteiger partial charge in [0.1, 0.15) is 0 Å². The van der Waals surface area contributed by atoms with E-state index < -0.39 is 12.9 Å². The van der Waals surface area contributed by atoms with E-state index in [2.05, 4.69) is 4.98 Å². The topological polar surface area (TPSA) is 93.1 Å². The van der Waals surface area contributed by atoms with Gasteiger partial charge in [-0.25, -0.2) is 0 Å². The maximum atomic E-state index is 8.25. The van der Waals surface area contributed by atoms with Gasteiger partial charge in [-0.2, -0.15) is 0 Å². The van der Waals surface area contributed by atoms with Crippen LogP contribution in [0.25, 0.3) is 0 Å². The molecule has 0 atom stereocenters. The van der Waals surface area contributed by atoms with Crippen molar-refractivity contribution < 1.29 is 39.3 Å². The van der Waals surface area contributed by atoms with Gasteiger partial charge in [0.05, 0.1) is 0 Å². The average molecular weight is 235 g/mol. The molecule has 1 aromatic rings. The largest absolute Gasteiger partial charge is 2.00 e. The fourth-order valence-electron chi connectivity index (χ4n) is 0.313. The maximum Gasteiger partial charge on any atom is 2.00 e. The van der Waals surface area contributed by atoms with E-state index >= 15 is 0 Å². The molecular weight excluding hydrogens is 227 g/mol. The van der Waals surface area contributed by atoms with Crippen molar-refractivity contribution in [3.8, 4) is 0 Å². The van der Waals surface area contributed by atoms with E-state index in [4.69, 9.17) is 19.8 Å². The minimum absolute atomic E-state index is 0. The van der Waals surface area contributed by atoms with Gasteiger partial charge in [-0.1, -0.05) is 6.07 Å². The molecule has 66 valence electrons. The van der Waals surface area contributed by atoms with Gasteiger partial charge in [0.25, 0.3) is 0 Å². The van der Waals surface area contributed by atoms with E-state index in [0.29, 0.717) is 0 Å². The molecular formula is C7H7NO4Zn. The summed E-state index contributed by atoms with van der Waals surface area (Å²) in [4.78, 5) is 20.3. The van der Waals surface area contributed by atoms with E-state index in [-0.39, 0.29) is 19.5 Å². The molecule has 0 amide bonds. The van der Waals surface area contributed by atoms with Crippen LogP contribution in [0.1, 0.15) is 0 Å². The van der Waals surface area contributed by atoms with Crippen LogP contribution in [0, 0.1) is 0 Å². The Morgan fingerprint density at radius 2 is 1.23 bits per heavy atom. The van der Waals surface area contributed by atoms with Gasteiger partial charge in [0.15, 0.2) is 0 Å². The molecule has 13 heavy (non-hydrogen) atoms. The number of carbonyl (C=O) groups excluding carboxylic acids is 2. The number of rotatable bonds is 0. The summed E-state index contributed by atoms with van der Waals surface area (Å²) in [5, 5.41) is 16.5. The van der Waals surface area contributed by atoms with E-state index in [1.54, 1.807) is 12.4 Å². The molecule has 5 nitrogen and oxygen atoms in total. The molecule has 0 N–H and O–H groups in total. The third-order valence-electron chi connectivity index (χ3n) is 0.566. The van der Waals surface area contributed by atoms with E-state index in [1.165, 1.54) is 0 Å². The van der Waals surface area contributed by atoms with Crippen LogP contribution in [-0.2, 0) is 29.1 Å². The quantitative estimate of drug-likeness (QED) is 0.376. The number of carbonyl (C=O) groups is 2. The van der Waals surface area contributed by atoms with Crippen molar-refractivity contribution in [3.05, 3.63) is 30.6 Å². The molecule has 0 saturated carbocycles. The van der Waals surface area contributed by atoms with Crippen LogP contribution >= 0.6 is 0 Å². The summed E-state index contributed by atoms with van der Waals surface area (Å²) < 4.78 is 0. The van der Waals surface area contributed by atoms with E-state index in [1.807, 2.05) is 18.2 Å². The fourth-order valence-corrected chi connectivity index (χ4v) is 0.313. The first-order chi connectivity index (χ1) is 5.83. The minimum atomic E-state index is -0.500. The zero-order chi connectivity index (χ0) is 9.66. The molecule has 0 unspecified atom stereocenters. The van der Waals surface area contributed by atoms with Crippen molar-refractivity contribution in [2.24, 2.45) is 0 Å². The number of hydrogen-bond donors (Lipinski definition) is 0. The van der Waals surface area contributed by atoms with E-state index in [9.17, 15) is 0 Å². The summed E-state index contributed by atoms with van der Waals surface area (Å²) in [6.45, 7) is -1.00. The van der Waals surface area contributed by atoms with Gasteiger partial charge in [-0.05, 0) is 12.1 Å². The Kier molecular flexibility index (Phi) is 30.5. The Morgan fingerprint density at radius 3 is 1.31 bits per heavy atom. The predicted octanol–water partition coefficient (Wildman–Crippen LogP) is -2.19. The van der Waals surface area contributed by atoms with Gasteiger partial charge in [-0.15, -0.1) is 0 Å². The zero-order valence-electron chi connectivity index (χ0n) is 6.83. The second kappa shape index (κ2) is 22.4. The smallest absolute Gasteiger partial charge is 0.554 e. The first-order valence-corrected chi connectivity index (χ1v) is 2.79. The maximum absolute atomic E-state index is 8.25. The number of hydrogen-bond acceptors (Lipinski definition) is 5.